The highest BCUT2D eigenvalue weighted by Gasteiger charge is 2.29. The van der Waals surface area contributed by atoms with Gasteiger partial charge in [-0.2, -0.15) is 5.10 Å². The highest BCUT2D eigenvalue weighted by molar-refractivity contribution is 7.89. The predicted octanol–water partition coefficient (Wildman–Crippen LogP) is 3.89. The maximum atomic E-state index is 13.0. The second-order valence-electron chi connectivity index (χ2n) is 7.23. The molecule has 0 saturated heterocycles. The topological polar surface area (TPSA) is 64.0 Å². The zero-order valence-corrected chi connectivity index (χ0v) is 15.2. The Morgan fingerprint density at radius 1 is 0.960 bits per heavy atom. The van der Waals surface area contributed by atoms with E-state index < -0.39 is 10.0 Å². The number of aromatic nitrogens is 2. The minimum absolute atomic E-state index is 0.0588. The normalized spacial score (nSPS) is 19.7. The summed E-state index contributed by atoms with van der Waals surface area (Å²) in [4.78, 5) is 0.317. The van der Waals surface area contributed by atoms with Crippen LogP contribution < -0.4 is 4.72 Å². The van der Waals surface area contributed by atoms with E-state index in [1.165, 1.54) is 12.8 Å². The van der Waals surface area contributed by atoms with Gasteiger partial charge in [0, 0.05) is 17.8 Å². The van der Waals surface area contributed by atoms with Crippen LogP contribution in [0.25, 0.3) is 11.3 Å². The Balaban J connectivity index is 1.73. The first-order valence-electron chi connectivity index (χ1n) is 9.30. The van der Waals surface area contributed by atoms with Gasteiger partial charge in [-0.1, -0.05) is 56.0 Å². The lowest BCUT2D eigenvalue weighted by Crippen LogP contribution is -2.32. The summed E-state index contributed by atoms with van der Waals surface area (Å²) in [6.45, 7) is 0. The quantitative estimate of drug-likeness (QED) is 0.881. The van der Waals surface area contributed by atoms with E-state index in [0.717, 1.165) is 44.1 Å². The number of hydrogen-bond donors (Lipinski definition) is 1. The molecule has 6 heteroatoms. The summed E-state index contributed by atoms with van der Waals surface area (Å²) in [6, 6.07) is 10.0. The van der Waals surface area contributed by atoms with Crippen molar-refractivity contribution in [3.05, 3.63) is 36.5 Å². The van der Waals surface area contributed by atoms with E-state index in [9.17, 15) is 8.42 Å². The van der Waals surface area contributed by atoms with E-state index in [0.29, 0.717) is 16.6 Å². The van der Waals surface area contributed by atoms with Crippen molar-refractivity contribution in [1.29, 1.82) is 0 Å². The first-order chi connectivity index (χ1) is 12.1. The van der Waals surface area contributed by atoms with Gasteiger partial charge in [-0.25, -0.2) is 13.1 Å². The molecule has 0 bridgehead atoms. The second kappa shape index (κ2) is 6.92. The van der Waals surface area contributed by atoms with Crippen molar-refractivity contribution in [2.75, 3.05) is 0 Å². The van der Waals surface area contributed by atoms with Crippen LogP contribution in [0.1, 0.15) is 57.4 Å². The predicted molar refractivity (Wildman–Crippen MR) is 97.7 cm³/mol. The SMILES string of the molecule is O=S(=O)(NC1CCCC1)c1cn(C2CCCC2)nc1-c1ccccc1. The third kappa shape index (κ3) is 3.51. The molecule has 1 aromatic carbocycles. The van der Waals surface area contributed by atoms with Gasteiger partial charge < -0.3 is 0 Å². The summed E-state index contributed by atoms with van der Waals surface area (Å²) in [6.07, 6.45) is 10.3. The molecule has 2 saturated carbocycles. The van der Waals surface area contributed by atoms with Gasteiger partial charge in [0.1, 0.15) is 10.6 Å². The van der Waals surface area contributed by atoms with Crippen molar-refractivity contribution in [3.63, 3.8) is 0 Å². The molecule has 0 radical (unpaired) electrons. The summed E-state index contributed by atoms with van der Waals surface area (Å²) in [7, 11) is -3.56. The number of hydrogen-bond acceptors (Lipinski definition) is 3. The minimum atomic E-state index is -3.56. The average Bonchev–Trinajstić information content (AvgIpc) is 3.36. The van der Waals surface area contributed by atoms with Crippen LogP contribution in [0.3, 0.4) is 0 Å². The van der Waals surface area contributed by atoms with Crippen molar-refractivity contribution >= 4 is 10.0 Å². The Bertz CT molecular complexity index is 818. The zero-order chi connectivity index (χ0) is 17.3. The van der Waals surface area contributed by atoms with Crippen LogP contribution in [-0.2, 0) is 10.0 Å². The molecule has 0 spiro atoms. The number of rotatable bonds is 5. The van der Waals surface area contributed by atoms with Crippen LogP contribution in [0.2, 0.25) is 0 Å². The summed E-state index contributed by atoms with van der Waals surface area (Å²) >= 11 is 0. The molecule has 1 heterocycles. The molecule has 2 aliphatic carbocycles. The van der Waals surface area contributed by atoms with E-state index in [1.807, 2.05) is 35.0 Å². The maximum Gasteiger partial charge on any atom is 0.244 e. The van der Waals surface area contributed by atoms with Crippen LogP contribution in [0.15, 0.2) is 41.4 Å². The molecule has 2 fully saturated rings. The van der Waals surface area contributed by atoms with E-state index in [-0.39, 0.29) is 6.04 Å². The Labute approximate surface area is 149 Å². The fourth-order valence-corrected chi connectivity index (χ4v) is 5.51. The van der Waals surface area contributed by atoms with Crippen LogP contribution in [-0.4, -0.2) is 24.2 Å². The highest BCUT2D eigenvalue weighted by atomic mass is 32.2. The molecular formula is C19H25N3O2S. The van der Waals surface area contributed by atoms with Crippen molar-refractivity contribution < 1.29 is 8.42 Å². The molecule has 25 heavy (non-hydrogen) atoms. The van der Waals surface area contributed by atoms with Crippen LogP contribution in [0, 0.1) is 0 Å². The van der Waals surface area contributed by atoms with Crippen LogP contribution in [0.5, 0.6) is 0 Å². The Kier molecular flexibility index (Phi) is 4.65. The van der Waals surface area contributed by atoms with Gasteiger partial charge in [-0.05, 0) is 25.7 Å². The summed E-state index contributed by atoms with van der Waals surface area (Å²) < 4.78 is 30.9. The molecule has 0 amide bonds. The monoisotopic (exact) mass is 359 g/mol. The molecule has 1 aromatic heterocycles. The van der Waals surface area contributed by atoms with E-state index in [1.54, 1.807) is 6.20 Å². The van der Waals surface area contributed by atoms with E-state index in [2.05, 4.69) is 4.72 Å². The summed E-state index contributed by atoms with van der Waals surface area (Å²) in [5.74, 6) is 0. The largest absolute Gasteiger partial charge is 0.268 e. The van der Waals surface area contributed by atoms with Crippen LogP contribution in [0.4, 0.5) is 0 Å². The van der Waals surface area contributed by atoms with Gasteiger partial charge in [0.25, 0.3) is 0 Å². The fraction of sp³-hybridized carbons (Fsp3) is 0.526. The molecule has 0 aliphatic heterocycles. The molecule has 4 rings (SSSR count). The third-order valence-electron chi connectivity index (χ3n) is 5.41. The maximum absolute atomic E-state index is 13.0. The van der Waals surface area contributed by atoms with Gasteiger partial charge in [0.2, 0.25) is 10.0 Å². The second-order valence-corrected chi connectivity index (χ2v) is 8.91. The molecular weight excluding hydrogens is 334 g/mol. The smallest absolute Gasteiger partial charge is 0.244 e. The Morgan fingerprint density at radius 3 is 2.28 bits per heavy atom. The van der Waals surface area contributed by atoms with Gasteiger partial charge in [-0.15, -0.1) is 0 Å². The zero-order valence-electron chi connectivity index (χ0n) is 14.4. The first-order valence-corrected chi connectivity index (χ1v) is 10.8. The fourth-order valence-electron chi connectivity index (χ4n) is 4.05. The van der Waals surface area contributed by atoms with Gasteiger partial charge in [0.15, 0.2) is 0 Å². The lowest BCUT2D eigenvalue weighted by molar-refractivity contribution is 0.466. The number of nitrogens with one attached hydrogen (secondary N) is 1. The van der Waals surface area contributed by atoms with Crippen molar-refractivity contribution in [3.8, 4) is 11.3 Å². The third-order valence-corrected chi connectivity index (χ3v) is 6.93. The number of sulfonamides is 1. The molecule has 2 aromatic rings. The minimum Gasteiger partial charge on any atom is -0.268 e. The van der Waals surface area contributed by atoms with Crippen molar-refractivity contribution in [2.24, 2.45) is 0 Å². The summed E-state index contributed by atoms with van der Waals surface area (Å²) in [5, 5.41) is 4.70. The first kappa shape index (κ1) is 16.8. The lowest BCUT2D eigenvalue weighted by atomic mass is 10.2. The molecule has 0 atom stereocenters. The molecule has 134 valence electrons. The van der Waals surface area contributed by atoms with Crippen LogP contribution >= 0.6 is 0 Å². The Morgan fingerprint density at radius 2 is 1.60 bits per heavy atom. The van der Waals surface area contributed by atoms with Gasteiger partial charge in [0.05, 0.1) is 6.04 Å². The molecule has 1 N–H and O–H groups in total. The van der Waals surface area contributed by atoms with E-state index >= 15 is 0 Å². The van der Waals surface area contributed by atoms with E-state index in [4.69, 9.17) is 5.10 Å². The molecule has 0 unspecified atom stereocenters. The molecule has 2 aliphatic rings. The average molecular weight is 359 g/mol. The summed E-state index contributed by atoms with van der Waals surface area (Å²) in [5.41, 5.74) is 1.42. The number of nitrogens with zero attached hydrogens (tertiary/aromatic N) is 2. The van der Waals surface area contributed by atoms with Crippen molar-refractivity contribution in [1.82, 2.24) is 14.5 Å². The van der Waals surface area contributed by atoms with Gasteiger partial charge >= 0.3 is 0 Å². The lowest BCUT2D eigenvalue weighted by Gasteiger charge is -2.12. The standard InChI is InChI=1S/C19H25N3O2S/c23-25(24,21-16-10-4-5-11-16)18-14-22(17-12-6-7-13-17)20-19(18)15-8-2-1-3-9-15/h1-3,8-9,14,16-17,21H,4-7,10-13H2. The molecule has 5 nitrogen and oxygen atoms in total. The number of benzene rings is 1. The Hall–Kier alpha value is -1.66. The van der Waals surface area contributed by atoms with Gasteiger partial charge in [-0.3, -0.25) is 4.68 Å². The highest BCUT2D eigenvalue weighted by Crippen LogP contribution is 2.33. The van der Waals surface area contributed by atoms with Crippen molar-refractivity contribution in [2.45, 2.75) is 68.3 Å².